The lowest BCUT2D eigenvalue weighted by molar-refractivity contribution is 0.0867. The topological polar surface area (TPSA) is 95.4 Å². The van der Waals surface area contributed by atoms with Gasteiger partial charge in [0, 0.05) is 38.3 Å². The molecule has 3 aliphatic heterocycles. The van der Waals surface area contributed by atoms with Crippen molar-refractivity contribution < 1.29 is 5.11 Å². The first kappa shape index (κ1) is 33.1. The molecule has 5 atom stereocenters. The molecule has 44 heavy (non-hydrogen) atoms. The minimum absolute atomic E-state index is 0.0390. The van der Waals surface area contributed by atoms with Crippen LogP contribution in [0.25, 0.3) is 0 Å². The van der Waals surface area contributed by atoms with Crippen molar-refractivity contribution in [2.45, 2.75) is 117 Å². The van der Waals surface area contributed by atoms with Gasteiger partial charge in [-0.15, -0.1) is 0 Å². The van der Waals surface area contributed by atoms with Crippen LogP contribution < -0.4 is 5.73 Å². The van der Waals surface area contributed by atoms with Crippen molar-refractivity contribution in [3.63, 3.8) is 0 Å². The van der Waals surface area contributed by atoms with Crippen LogP contribution in [0.4, 0.5) is 0 Å². The predicted molar refractivity (Wildman–Crippen MR) is 182 cm³/mol. The van der Waals surface area contributed by atoms with Crippen molar-refractivity contribution >= 4 is 11.9 Å². The molecule has 1 aliphatic carbocycles. The molecule has 246 valence electrons. The van der Waals surface area contributed by atoms with Crippen LogP contribution in [-0.2, 0) is 6.42 Å². The summed E-state index contributed by atoms with van der Waals surface area (Å²) in [4.78, 5) is 14.2. The number of nitrogens with two attached hydrogens (primary N) is 1. The van der Waals surface area contributed by atoms with Crippen molar-refractivity contribution in [2.24, 2.45) is 33.9 Å². The molecule has 1 aromatic rings. The van der Waals surface area contributed by atoms with E-state index in [0.29, 0.717) is 47.8 Å². The van der Waals surface area contributed by atoms with Crippen LogP contribution >= 0.6 is 0 Å². The average molecular weight is 608 g/mol. The molecular formula is C36H61N7O. The van der Waals surface area contributed by atoms with Gasteiger partial charge in [0.2, 0.25) is 0 Å². The van der Waals surface area contributed by atoms with Crippen molar-refractivity contribution in [2.75, 3.05) is 39.3 Å². The van der Waals surface area contributed by atoms with Crippen molar-refractivity contribution in [1.29, 1.82) is 5.41 Å². The van der Waals surface area contributed by atoms with Gasteiger partial charge in [0.15, 0.2) is 11.9 Å². The first-order chi connectivity index (χ1) is 20.9. The number of rotatable bonds is 11. The quantitative estimate of drug-likeness (QED) is 0.332. The Morgan fingerprint density at radius 2 is 1.68 bits per heavy atom. The predicted octanol–water partition coefficient (Wildman–Crippen LogP) is 4.87. The summed E-state index contributed by atoms with van der Waals surface area (Å²) in [7, 11) is 0. The third kappa shape index (κ3) is 7.55. The largest absolute Gasteiger partial charge is 0.391 e. The van der Waals surface area contributed by atoms with Crippen molar-refractivity contribution in [1.82, 2.24) is 19.6 Å². The molecule has 4 aliphatic rings. The van der Waals surface area contributed by atoms with Crippen molar-refractivity contribution in [3.05, 3.63) is 35.9 Å². The van der Waals surface area contributed by atoms with Crippen LogP contribution in [-0.4, -0.2) is 106 Å². The molecule has 3 heterocycles. The Kier molecular flexibility index (Phi) is 10.5. The minimum Gasteiger partial charge on any atom is -0.391 e. The molecule has 0 amide bonds. The summed E-state index contributed by atoms with van der Waals surface area (Å²) in [6.45, 7) is 18.9. The van der Waals surface area contributed by atoms with Gasteiger partial charge in [-0.3, -0.25) is 15.3 Å². The molecule has 1 saturated carbocycles. The van der Waals surface area contributed by atoms with Crippen LogP contribution in [0.5, 0.6) is 0 Å². The maximum Gasteiger partial charge on any atom is 0.194 e. The SMILES string of the molecule is CC(C)[C@@H]1CN=C(N)N1C[C@@H]1CCCN1C[C@@H](Cc1ccccc1)N1C[C@@H]([C@@H](C)O)N(CC2CCC(C(C)(C)C)CC2)C1=N. The maximum atomic E-state index is 11.0. The summed E-state index contributed by atoms with van der Waals surface area (Å²) >= 11 is 0. The highest BCUT2D eigenvalue weighted by Crippen LogP contribution is 2.40. The number of nitrogens with zero attached hydrogens (tertiary/aromatic N) is 5. The van der Waals surface area contributed by atoms with E-state index in [9.17, 15) is 10.5 Å². The molecule has 0 aromatic heterocycles. The Morgan fingerprint density at radius 1 is 0.977 bits per heavy atom. The van der Waals surface area contributed by atoms with Gasteiger partial charge >= 0.3 is 0 Å². The van der Waals surface area contributed by atoms with Crippen LogP contribution in [0.2, 0.25) is 0 Å². The second-order valence-electron chi connectivity index (χ2n) is 15.8. The highest BCUT2D eigenvalue weighted by Gasteiger charge is 2.43. The van der Waals surface area contributed by atoms with Gasteiger partial charge in [-0.25, -0.2) is 0 Å². The third-order valence-electron chi connectivity index (χ3n) is 11.4. The van der Waals surface area contributed by atoms with Gasteiger partial charge in [-0.05, 0) is 87.1 Å². The summed E-state index contributed by atoms with van der Waals surface area (Å²) < 4.78 is 0. The summed E-state index contributed by atoms with van der Waals surface area (Å²) in [5.74, 6) is 3.19. The average Bonchev–Trinajstić information content (AvgIpc) is 3.67. The van der Waals surface area contributed by atoms with Gasteiger partial charge < -0.3 is 25.5 Å². The van der Waals surface area contributed by atoms with E-state index in [1.807, 2.05) is 6.92 Å². The fourth-order valence-electron chi connectivity index (χ4n) is 8.50. The lowest BCUT2D eigenvalue weighted by atomic mass is 9.70. The summed E-state index contributed by atoms with van der Waals surface area (Å²) in [6.07, 6.45) is 7.77. The van der Waals surface area contributed by atoms with Crippen LogP contribution in [0.1, 0.15) is 85.6 Å². The second-order valence-corrected chi connectivity index (χ2v) is 15.8. The second kappa shape index (κ2) is 14.0. The molecule has 3 fully saturated rings. The number of benzene rings is 1. The van der Waals surface area contributed by atoms with E-state index < -0.39 is 6.10 Å². The molecule has 2 saturated heterocycles. The summed E-state index contributed by atoms with van der Waals surface area (Å²) in [5.41, 5.74) is 8.08. The summed E-state index contributed by atoms with van der Waals surface area (Å²) in [5, 5.41) is 20.5. The number of aliphatic hydroxyl groups excluding tert-OH is 1. The van der Waals surface area contributed by atoms with E-state index in [2.05, 4.69) is 89.5 Å². The lowest BCUT2D eigenvalue weighted by Crippen LogP contribution is -2.53. The Bertz CT molecular complexity index is 1110. The molecule has 1 aromatic carbocycles. The van der Waals surface area contributed by atoms with E-state index in [1.165, 1.54) is 44.1 Å². The molecule has 8 nitrogen and oxygen atoms in total. The minimum atomic E-state index is -0.478. The first-order valence-corrected chi connectivity index (χ1v) is 17.6. The molecule has 8 heteroatoms. The Balaban J connectivity index is 1.31. The maximum absolute atomic E-state index is 11.0. The van der Waals surface area contributed by atoms with Gasteiger partial charge in [0.25, 0.3) is 0 Å². The van der Waals surface area contributed by atoms with E-state index in [4.69, 9.17) is 5.73 Å². The molecule has 0 spiro atoms. The standard InChI is InChI=1S/C36H61N7O/c1-25(2)32-20-39-34(37)42(32)23-30-13-10-18-40(30)22-31(19-27-11-8-7-9-12-27)41-24-33(26(3)44)43(35(41)38)21-28-14-16-29(17-15-28)36(4,5)6/h7-9,11-12,25-26,28-33,38,44H,10,13-24H2,1-6H3,(H2,37,39)/t26-,28?,29?,30+,31-,32+,33+/m1/s1. The normalized spacial score (nSPS) is 30.0. The highest BCUT2D eigenvalue weighted by atomic mass is 16.3. The molecule has 4 N–H and O–H groups in total. The van der Waals surface area contributed by atoms with Gasteiger partial charge in [0.1, 0.15) is 0 Å². The molecule has 5 rings (SSSR count). The zero-order valence-electron chi connectivity index (χ0n) is 28.5. The monoisotopic (exact) mass is 607 g/mol. The van der Waals surface area contributed by atoms with Crippen molar-refractivity contribution in [3.8, 4) is 0 Å². The Hall–Kier alpha value is -2.32. The Labute approximate surface area is 267 Å². The number of aliphatic imine (C=N–C) groups is 1. The van der Waals surface area contributed by atoms with Gasteiger partial charge in [0.05, 0.1) is 24.7 Å². The number of hydrogen-bond acceptors (Lipinski definition) is 6. The Morgan fingerprint density at radius 3 is 2.32 bits per heavy atom. The molecule has 0 radical (unpaired) electrons. The zero-order valence-corrected chi connectivity index (χ0v) is 28.5. The smallest absolute Gasteiger partial charge is 0.194 e. The lowest BCUT2D eigenvalue weighted by Gasteiger charge is -2.39. The third-order valence-corrected chi connectivity index (χ3v) is 11.4. The first-order valence-electron chi connectivity index (χ1n) is 17.6. The van der Waals surface area contributed by atoms with Crippen LogP contribution in [0.15, 0.2) is 35.3 Å². The number of aliphatic hydroxyl groups is 1. The fraction of sp³-hybridized carbons (Fsp3) is 0.778. The summed E-state index contributed by atoms with van der Waals surface area (Å²) in [6, 6.07) is 11.7. The molecular weight excluding hydrogens is 546 g/mol. The highest BCUT2D eigenvalue weighted by molar-refractivity contribution is 5.80. The number of likely N-dealkylation sites (tertiary alicyclic amines) is 1. The number of hydrogen-bond donors (Lipinski definition) is 3. The van der Waals surface area contributed by atoms with Gasteiger partial charge in [-0.1, -0.05) is 65.0 Å². The van der Waals surface area contributed by atoms with E-state index in [1.54, 1.807) is 0 Å². The number of guanidine groups is 2. The van der Waals surface area contributed by atoms with E-state index >= 15 is 0 Å². The molecule has 0 unspecified atom stereocenters. The van der Waals surface area contributed by atoms with E-state index in [0.717, 1.165) is 45.1 Å². The fourth-order valence-corrected chi connectivity index (χ4v) is 8.50. The van der Waals surface area contributed by atoms with E-state index in [-0.39, 0.29) is 12.1 Å². The number of nitrogens with one attached hydrogen (secondary N) is 1. The van der Waals surface area contributed by atoms with Crippen LogP contribution in [0, 0.1) is 28.6 Å². The van der Waals surface area contributed by atoms with Gasteiger partial charge in [-0.2, -0.15) is 0 Å². The zero-order chi connectivity index (χ0) is 31.6. The molecule has 0 bridgehead atoms. The van der Waals surface area contributed by atoms with Crippen LogP contribution in [0.3, 0.4) is 0 Å².